The Kier molecular flexibility index (Phi) is 5.62. The number of rotatable bonds is 6. The Morgan fingerprint density at radius 2 is 1.92 bits per heavy atom. The minimum absolute atomic E-state index is 0.0311. The molecule has 0 saturated carbocycles. The summed E-state index contributed by atoms with van der Waals surface area (Å²) in [4.78, 5) is 12.5. The first-order valence-corrected chi connectivity index (χ1v) is 8.54. The summed E-state index contributed by atoms with van der Waals surface area (Å²) >= 11 is 0. The smallest absolute Gasteiger partial charge is 0.241 e. The molecule has 0 unspecified atom stereocenters. The molecule has 1 aliphatic rings. The summed E-state index contributed by atoms with van der Waals surface area (Å²) < 4.78 is 5.58. The van der Waals surface area contributed by atoms with E-state index in [2.05, 4.69) is 10.6 Å². The van der Waals surface area contributed by atoms with E-state index in [1.807, 2.05) is 61.5 Å². The topological polar surface area (TPSA) is 50.4 Å². The normalized spacial score (nSPS) is 18.3. The minimum Gasteiger partial charge on any atom is -0.377 e. The molecular formula is C20H24N2O2. The highest BCUT2D eigenvalue weighted by molar-refractivity contribution is 5.98. The van der Waals surface area contributed by atoms with Crippen molar-refractivity contribution in [1.82, 2.24) is 5.32 Å². The quantitative estimate of drug-likeness (QED) is 0.856. The fourth-order valence-corrected chi connectivity index (χ4v) is 2.91. The second-order valence-corrected chi connectivity index (χ2v) is 6.17. The fourth-order valence-electron chi connectivity index (χ4n) is 2.91. The molecule has 2 atom stereocenters. The number of para-hydroxylation sites is 1. The average Bonchev–Trinajstić information content (AvgIpc) is 3.14. The summed E-state index contributed by atoms with van der Waals surface area (Å²) in [6, 6.07) is 17.7. The number of carbonyl (C=O) groups excluding carboxylic acids is 1. The first-order chi connectivity index (χ1) is 11.7. The van der Waals surface area contributed by atoms with Crippen LogP contribution in [0.2, 0.25) is 0 Å². The van der Waals surface area contributed by atoms with Crippen LogP contribution in [0, 0.1) is 0 Å². The van der Waals surface area contributed by atoms with Crippen LogP contribution in [-0.4, -0.2) is 31.2 Å². The third-order valence-electron chi connectivity index (χ3n) is 4.34. The summed E-state index contributed by atoms with van der Waals surface area (Å²) in [7, 11) is 0. The van der Waals surface area contributed by atoms with Gasteiger partial charge in [-0.3, -0.25) is 4.79 Å². The number of nitrogens with one attached hydrogen (secondary N) is 2. The van der Waals surface area contributed by atoms with Crippen molar-refractivity contribution in [3.63, 3.8) is 0 Å². The number of hydrogen-bond donors (Lipinski definition) is 2. The van der Waals surface area contributed by atoms with Gasteiger partial charge in [-0.15, -0.1) is 0 Å². The van der Waals surface area contributed by atoms with Gasteiger partial charge in [-0.1, -0.05) is 48.5 Å². The highest BCUT2D eigenvalue weighted by atomic mass is 16.5. The van der Waals surface area contributed by atoms with E-state index < -0.39 is 0 Å². The van der Waals surface area contributed by atoms with Gasteiger partial charge in [0.15, 0.2) is 0 Å². The van der Waals surface area contributed by atoms with Crippen molar-refractivity contribution < 1.29 is 9.53 Å². The lowest BCUT2D eigenvalue weighted by molar-refractivity contribution is -0.117. The number of hydrogen-bond acceptors (Lipinski definition) is 3. The number of ether oxygens (including phenoxy) is 1. The Labute approximate surface area is 143 Å². The second kappa shape index (κ2) is 8.08. The van der Waals surface area contributed by atoms with Gasteiger partial charge in [0.05, 0.1) is 12.1 Å². The van der Waals surface area contributed by atoms with Crippen LogP contribution in [0.3, 0.4) is 0 Å². The largest absolute Gasteiger partial charge is 0.377 e. The van der Waals surface area contributed by atoms with Crippen LogP contribution < -0.4 is 10.6 Å². The zero-order valence-corrected chi connectivity index (χ0v) is 14.0. The molecule has 0 spiro atoms. The molecule has 1 fully saturated rings. The van der Waals surface area contributed by atoms with E-state index in [-0.39, 0.29) is 18.1 Å². The van der Waals surface area contributed by atoms with Crippen LogP contribution in [0.15, 0.2) is 54.6 Å². The van der Waals surface area contributed by atoms with Crippen molar-refractivity contribution in [2.45, 2.75) is 31.9 Å². The summed E-state index contributed by atoms with van der Waals surface area (Å²) in [6.07, 6.45) is 2.41. The Hall–Kier alpha value is -2.17. The van der Waals surface area contributed by atoms with Gasteiger partial charge in [-0.05, 0) is 31.4 Å². The Morgan fingerprint density at radius 1 is 1.17 bits per heavy atom. The minimum atomic E-state index is -0.266. The van der Waals surface area contributed by atoms with Gasteiger partial charge < -0.3 is 15.4 Å². The van der Waals surface area contributed by atoms with Crippen molar-refractivity contribution in [2.24, 2.45) is 0 Å². The molecule has 1 heterocycles. The van der Waals surface area contributed by atoms with Crippen LogP contribution in [0.25, 0.3) is 11.1 Å². The molecule has 24 heavy (non-hydrogen) atoms. The average molecular weight is 324 g/mol. The van der Waals surface area contributed by atoms with Crippen LogP contribution >= 0.6 is 0 Å². The maximum Gasteiger partial charge on any atom is 0.241 e. The lowest BCUT2D eigenvalue weighted by Crippen LogP contribution is -2.41. The molecule has 126 valence electrons. The Balaban J connectivity index is 1.63. The summed E-state index contributed by atoms with van der Waals surface area (Å²) in [5, 5.41) is 6.31. The molecule has 0 radical (unpaired) electrons. The number of amides is 1. The van der Waals surface area contributed by atoms with E-state index >= 15 is 0 Å². The van der Waals surface area contributed by atoms with Crippen molar-refractivity contribution in [2.75, 3.05) is 18.5 Å². The second-order valence-electron chi connectivity index (χ2n) is 6.17. The maximum absolute atomic E-state index is 12.5. The van der Waals surface area contributed by atoms with Crippen molar-refractivity contribution >= 4 is 11.6 Å². The van der Waals surface area contributed by atoms with E-state index in [9.17, 15) is 4.79 Å². The van der Waals surface area contributed by atoms with E-state index in [1.54, 1.807) is 0 Å². The first-order valence-electron chi connectivity index (χ1n) is 8.54. The highest BCUT2D eigenvalue weighted by Crippen LogP contribution is 2.27. The molecule has 4 nitrogen and oxygen atoms in total. The monoisotopic (exact) mass is 324 g/mol. The van der Waals surface area contributed by atoms with Crippen molar-refractivity contribution in [1.29, 1.82) is 0 Å². The third-order valence-corrected chi connectivity index (χ3v) is 4.34. The first kappa shape index (κ1) is 16.7. The van der Waals surface area contributed by atoms with Gasteiger partial charge in [0, 0.05) is 24.4 Å². The molecule has 1 saturated heterocycles. The molecule has 2 aromatic rings. The number of carbonyl (C=O) groups is 1. The molecule has 2 aromatic carbocycles. The molecule has 2 N–H and O–H groups in total. The standard InChI is InChI=1S/C20H24N2O2/c1-15(21-14-17-10-7-13-24-17)20(23)22-19-12-6-5-11-18(19)16-8-3-2-4-9-16/h2-6,8-9,11-12,15,17,21H,7,10,13-14H2,1H3,(H,22,23)/t15-,17-/m1/s1. The van der Waals surface area contributed by atoms with Gasteiger partial charge >= 0.3 is 0 Å². The fraction of sp³-hybridized carbons (Fsp3) is 0.350. The zero-order chi connectivity index (χ0) is 16.8. The summed E-state index contributed by atoms with van der Waals surface area (Å²) in [5.74, 6) is -0.0311. The molecule has 1 aliphatic heterocycles. The zero-order valence-electron chi connectivity index (χ0n) is 14.0. The van der Waals surface area contributed by atoms with Gasteiger partial charge in [-0.25, -0.2) is 0 Å². The number of benzene rings is 2. The van der Waals surface area contributed by atoms with Gasteiger partial charge in [-0.2, -0.15) is 0 Å². The Bertz CT molecular complexity index is 666. The predicted octanol–water partition coefficient (Wildman–Crippen LogP) is 3.45. The van der Waals surface area contributed by atoms with Crippen LogP contribution in [0.4, 0.5) is 5.69 Å². The van der Waals surface area contributed by atoms with Gasteiger partial charge in [0.25, 0.3) is 0 Å². The molecule has 1 amide bonds. The van der Waals surface area contributed by atoms with Crippen LogP contribution in [0.5, 0.6) is 0 Å². The molecular weight excluding hydrogens is 300 g/mol. The van der Waals surface area contributed by atoms with Gasteiger partial charge in [0.2, 0.25) is 5.91 Å². The highest BCUT2D eigenvalue weighted by Gasteiger charge is 2.19. The lowest BCUT2D eigenvalue weighted by Gasteiger charge is -2.18. The number of anilines is 1. The Morgan fingerprint density at radius 3 is 2.67 bits per heavy atom. The van der Waals surface area contributed by atoms with E-state index in [0.717, 1.165) is 42.8 Å². The summed E-state index contributed by atoms with van der Waals surface area (Å²) in [5.41, 5.74) is 2.95. The third kappa shape index (κ3) is 4.22. The summed E-state index contributed by atoms with van der Waals surface area (Å²) in [6.45, 7) is 3.43. The van der Waals surface area contributed by atoms with E-state index in [0.29, 0.717) is 0 Å². The maximum atomic E-state index is 12.5. The predicted molar refractivity (Wildman–Crippen MR) is 96.9 cm³/mol. The van der Waals surface area contributed by atoms with Crippen LogP contribution in [0.1, 0.15) is 19.8 Å². The SMILES string of the molecule is C[C@@H](NC[C@H]1CCCO1)C(=O)Nc1ccccc1-c1ccccc1. The van der Waals surface area contributed by atoms with Crippen molar-refractivity contribution in [3.05, 3.63) is 54.6 Å². The molecule has 3 rings (SSSR count). The molecule has 0 aromatic heterocycles. The van der Waals surface area contributed by atoms with Crippen LogP contribution in [-0.2, 0) is 9.53 Å². The molecule has 0 aliphatic carbocycles. The molecule has 4 heteroatoms. The molecule has 0 bridgehead atoms. The van der Waals surface area contributed by atoms with E-state index in [1.165, 1.54) is 0 Å². The van der Waals surface area contributed by atoms with Gasteiger partial charge in [0.1, 0.15) is 0 Å². The van der Waals surface area contributed by atoms with Crippen molar-refractivity contribution in [3.8, 4) is 11.1 Å². The van der Waals surface area contributed by atoms with E-state index in [4.69, 9.17) is 4.74 Å². The lowest BCUT2D eigenvalue weighted by atomic mass is 10.0.